The summed E-state index contributed by atoms with van der Waals surface area (Å²) < 4.78 is 1.96. The summed E-state index contributed by atoms with van der Waals surface area (Å²) in [6.07, 6.45) is 4.97. The topological polar surface area (TPSA) is 50.7 Å². The Bertz CT molecular complexity index is 527. The monoisotopic (exact) mass is 326 g/mol. The van der Waals surface area contributed by atoms with Gasteiger partial charge in [0.1, 0.15) is 0 Å². The average molecular weight is 327 g/mol. The van der Waals surface area contributed by atoms with Crippen LogP contribution in [0.1, 0.15) is 32.0 Å². The van der Waals surface area contributed by atoms with Gasteiger partial charge in [-0.15, -0.1) is 10.2 Å². The summed E-state index contributed by atoms with van der Waals surface area (Å²) >= 11 is 4.85. The number of hydrogen-bond acceptors (Lipinski definition) is 7. The molecule has 0 aromatic carbocycles. The second-order valence-corrected chi connectivity index (χ2v) is 7.43. The first-order valence-electron chi connectivity index (χ1n) is 6.51. The van der Waals surface area contributed by atoms with Crippen LogP contribution in [0.3, 0.4) is 0 Å². The van der Waals surface area contributed by atoms with E-state index in [9.17, 15) is 0 Å². The molecule has 0 bridgehead atoms. The van der Waals surface area contributed by atoms with Crippen LogP contribution in [-0.2, 0) is 0 Å². The molecule has 0 radical (unpaired) electrons. The van der Waals surface area contributed by atoms with Crippen molar-refractivity contribution in [2.45, 2.75) is 39.9 Å². The maximum absolute atomic E-state index is 4.56. The maximum atomic E-state index is 4.56. The van der Waals surface area contributed by atoms with Gasteiger partial charge in [0.15, 0.2) is 8.68 Å². The lowest BCUT2D eigenvalue weighted by Gasteiger charge is -2.15. The molecule has 0 amide bonds. The van der Waals surface area contributed by atoms with Gasteiger partial charge < -0.3 is 5.32 Å². The van der Waals surface area contributed by atoms with Crippen LogP contribution in [0.2, 0.25) is 0 Å². The third-order valence-electron chi connectivity index (χ3n) is 2.74. The van der Waals surface area contributed by atoms with Crippen LogP contribution < -0.4 is 5.32 Å². The summed E-state index contributed by atoms with van der Waals surface area (Å²) in [5.74, 6) is 0. The highest BCUT2D eigenvalue weighted by atomic mass is 32.2. The van der Waals surface area contributed by atoms with Crippen LogP contribution in [0.25, 0.3) is 0 Å². The van der Waals surface area contributed by atoms with E-state index in [1.807, 2.05) is 12.5 Å². The minimum atomic E-state index is 0.337. The predicted molar refractivity (Wildman–Crippen MR) is 86.8 cm³/mol. The fraction of sp³-hybridized carbons (Fsp3) is 0.462. The van der Waals surface area contributed by atoms with E-state index in [1.165, 1.54) is 0 Å². The molecule has 7 heteroatoms. The highest BCUT2D eigenvalue weighted by Gasteiger charge is 2.10. The van der Waals surface area contributed by atoms with E-state index in [0.717, 1.165) is 32.2 Å². The van der Waals surface area contributed by atoms with E-state index >= 15 is 0 Å². The van der Waals surface area contributed by atoms with E-state index in [0.29, 0.717) is 6.04 Å². The Balaban J connectivity index is 2.03. The smallest absolute Gasteiger partial charge is 0.179 e. The van der Waals surface area contributed by atoms with Crippen molar-refractivity contribution in [3.8, 4) is 0 Å². The molecule has 1 atom stereocenters. The molecule has 2 rings (SSSR count). The van der Waals surface area contributed by atoms with Crippen molar-refractivity contribution >= 4 is 34.9 Å². The molecule has 2 aromatic heterocycles. The molecule has 1 unspecified atom stereocenters. The highest BCUT2D eigenvalue weighted by Crippen LogP contribution is 2.32. The standard InChI is InChI=1S/C13H18N4S3/c1-4-10(14-5-2)11-7-6-9(8-15-11)19-13-17-16-12(18-3)20-13/h6-8,10,14H,4-5H2,1-3H3. The molecule has 0 fully saturated rings. The first-order chi connectivity index (χ1) is 9.76. The van der Waals surface area contributed by atoms with E-state index in [-0.39, 0.29) is 0 Å². The summed E-state index contributed by atoms with van der Waals surface area (Å²) in [5.41, 5.74) is 1.10. The van der Waals surface area contributed by atoms with Crippen molar-refractivity contribution in [1.82, 2.24) is 20.5 Å². The molecule has 0 saturated carbocycles. The van der Waals surface area contributed by atoms with Gasteiger partial charge >= 0.3 is 0 Å². The van der Waals surface area contributed by atoms with E-state index in [1.54, 1.807) is 34.9 Å². The zero-order valence-corrected chi connectivity index (χ0v) is 14.2. The number of hydrogen-bond donors (Lipinski definition) is 1. The largest absolute Gasteiger partial charge is 0.309 e. The molecule has 0 aliphatic heterocycles. The fourth-order valence-corrected chi connectivity index (χ4v) is 4.16. The normalized spacial score (nSPS) is 12.6. The minimum Gasteiger partial charge on any atom is -0.309 e. The Morgan fingerprint density at radius 2 is 2.05 bits per heavy atom. The number of aromatic nitrogens is 3. The fourth-order valence-electron chi connectivity index (χ4n) is 1.78. The van der Waals surface area contributed by atoms with Crippen molar-refractivity contribution in [3.05, 3.63) is 24.0 Å². The van der Waals surface area contributed by atoms with Crippen LogP contribution in [0, 0.1) is 0 Å². The second kappa shape index (κ2) is 7.97. The zero-order chi connectivity index (χ0) is 14.4. The van der Waals surface area contributed by atoms with Crippen LogP contribution in [0.4, 0.5) is 0 Å². The molecule has 0 aliphatic rings. The molecule has 20 heavy (non-hydrogen) atoms. The Labute approximate surface area is 132 Å². The van der Waals surface area contributed by atoms with E-state index in [2.05, 4.69) is 46.5 Å². The molecule has 2 heterocycles. The first kappa shape index (κ1) is 15.8. The van der Waals surface area contributed by atoms with Crippen LogP contribution in [0.15, 0.2) is 31.9 Å². The van der Waals surface area contributed by atoms with Crippen molar-refractivity contribution < 1.29 is 0 Å². The number of nitrogens with one attached hydrogen (secondary N) is 1. The average Bonchev–Trinajstić information content (AvgIpc) is 2.93. The lowest BCUT2D eigenvalue weighted by molar-refractivity contribution is 0.524. The van der Waals surface area contributed by atoms with Gasteiger partial charge in [-0.3, -0.25) is 4.98 Å². The van der Waals surface area contributed by atoms with Gasteiger partial charge in [0.25, 0.3) is 0 Å². The number of thioether (sulfide) groups is 1. The molecule has 0 spiro atoms. The van der Waals surface area contributed by atoms with Crippen molar-refractivity contribution in [1.29, 1.82) is 0 Å². The molecular weight excluding hydrogens is 308 g/mol. The summed E-state index contributed by atoms with van der Waals surface area (Å²) in [7, 11) is 0. The minimum absolute atomic E-state index is 0.337. The molecule has 108 valence electrons. The third kappa shape index (κ3) is 4.18. The Kier molecular flexibility index (Phi) is 6.28. The molecule has 0 aliphatic carbocycles. The van der Waals surface area contributed by atoms with Crippen molar-refractivity contribution in [3.63, 3.8) is 0 Å². The lowest BCUT2D eigenvalue weighted by atomic mass is 10.1. The van der Waals surface area contributed by atoms with Gasteiger partial charge in [0.2, 0.25) is 0 Å². The number of pyridine rings is 1. The third-order valence-corrected chi connectivity index (χ3v) is 5.67. The molecule has 4 nitrogen and oxygen atoms in total. The molecule has 0 saturated heterocycles. The van der Waals surface area contributed by atoms with E-state index < -0.39 is 0 Å². The zero-order valence-electron chi connectivity index (χ0n) is 11.8. The first-order valence-corrected chi connectivity index (χ1v) is 9.37. The van der Waals surface area contributed by atoms with Gasteiger partial charge in [0, 0.05) is 17.1 Å². The summed E-state index contributed by atoms with van der Waals surface area (Å²) in [4.78, 5) is 5.66. The SMILES string of the molecule is CCNC(CC)c1ccc(Sc2nnc(SC)s2)cn1. The van der Waals surface area contributed by atoms with Gasteiger partial charge in [0.05, 0.1) is 5.69 Å². The predicted octanol–water partition coefficient (Wildman–Crippen LogP) is 3.87. The van der Waals surface area contributed by atoms with Crippen LogP contribution in [-0.4, -0.2) is 28.0 Å². The summed E-state index contributed by atoms with van der Waals surface area (Å²) in [6.45, 7) is 5.24. The van der Waals surface area contributed by atoms with Gasteiger partial charge in [-0.2, -0.15) is 0 Å². The molecule has 2 aromatic rings. The maximum Gasteiger partial charge on any atom is 0.179 e. The van der Waals surface area contributed by atoms with Crippen LogP contribution >= 0.6 is 34.9 Å². The van der Waals surface area contributed by atoms with Crippen LogP contribution in [0.5, 0.6) is 0 Å². The number of nitrogens with zero attached hydrogens (tertiary/aromatic N) is 3. The Hall–Kier alpha value is -0.630. The highest BCUT2D eigenvalue weighted by molar-refractivity contribution is 8.03. The molecular formula is C13H18N4S3. The lowest BCUT2D eigenvalue weighted by Crippen LogP contribution is -2.20. The second-order valence-electron chi connectivity index (χ2n) is 4.08. The van der Waals surface area contributed by atoms with Gasteiger partial charge in [-0.05, 0) is 31.4 Å². The quantitative estimate of drug-likeness (QED) is 0.780. The van der Waals surface area contributed by atoms with Gasteiger partial charge in [-0.25, -0.2) is 0 Å². The summed E-state index contributed by atoms with van der Waals surface area (Å²) in [5, 5.41) is 11.7. The van der Waals surface area contributed by atoms with Gasteiger partial charge in [-0.1, -0.05) is 48.7 Å². The number of rotatable bonds is 7. The molecule has 1 N–H and O–H groups in total. The van der Waals surface area contributed by atoms with Crippen molar-refractivity contribution in [2.75, 3.05) is 12.8 Å². The summed E-state index contributed by atoms with van der Waals surface area (Å²) in [6, 6.07) is 4.53. The Morgan fingerprint density at radius 1 is 1.25 bits per heavy atom. The Morgan fingerprint density at radius 3 is 2.60 bits per heavy atom. The van der Waals surface area contributed by atoms with Crippen molar-refractivity contribution in [2.24, 2.45) is 0 Å². The van der Waals surface area contributed by atoms with E-state index in [4.69, 9.17) is 0 Å².